The lowest BCUT2D eigenvalue weighted by atomic mass is 9.97. The molecule has 1 saturated heterocycles. The van der Waals surface area contributed by atoms with E-state index in [1.165, 1.54) is 17.0 Å². The summed E-state index contributed by atoms with van der Waals surface area (Å²) in [6.45, 7) is 9.28. The van der Waals surface area contributed by atoms with Gasteiger partial charge in [0.1, 0.15) is 35.7 Å². The zero-order chi connectivity index (χ0) is 30.1. The van der Waals surface area contributed by atoms with Gasteiger partial charge in [0.25, 0.3) is 5.91 Å². The summed E-state index contributed by atoms with van der Waals surface area (Å²) < 4.78 is 0. The van der Waals surface area contributed by atoms with Crippen molar-refractivity contribution in [1.82, 2.24) is 20.9 Å². The summed E-state index contributed by atoms with van der Waals surface area (Å²) in [6, 6.07) is -0.469. The van der Waals surface area contributed by atoms with Crippen molar-refractivity contribution in [2.24, 2.45) is 11.8 Å². The molecule has 0 unspecified atom stereocenters. The Morgan fingerprint density at radius 2 is 1.65 bits per heavy atom. The van der Waals surface area contributed by atoms with Crippen LogP contribution in [0.15, 0.2) is 18.2 Å². The lowest BCUT2D eigenvalue weighted by molar-refractivity contribution is -0.143. The molecule has 0 radical (unpaired) electrons. The summed E-state index contributed by atoms with van der Waals surface area (Å²) in [5, 5.41) is 37.0. The van der Waals surface area contributed by atoms with Crippen molar-refractivity contribution >= 4 is 29.6 Å². The van der Waals surface area contributed by atoms with Gasteiger partial charge in [0.2, 0.25) is 17.7 Å². The van der Waals surface area contributed by atoms with Crippen molar-refractivity contribution < 1.29 is 39.3 Å². The molecule has 6 N–H and O–H groups in total. The van der Waals surface area contributed by atoms with Gasteiger partial charge in [0.15, 0.2) is 0 Å². The van der Waals surface area contributed by atoms with Crippen LogP contribution in [0, 0.1) is 11.8 Å². The van der Waals surface area contributed by atoms with E-state index in [0.29, 0.717) is 19.3 Å². The monoisotopic (exact) mass is 562 g/mol. The molecular formula is C28H42N4O8. The third kappa shape index (κ3) is 8.33. The highest BCUT2D eigenvalue weighted by Crippen LogP contribution is 2.24. The van der Waals surface area contributed by atoms with Crippen molar-refractivity contribution in [3.8, 4) is 11.5 Å². The molecule has 12 heteroatoms. The molecule has 4 amide bonds. The van der Waals surface area contributed by atoms with Gasteiger partial charge in [0, 0.05) is 6.54 Å². The number of aliphatic carboxylic acids is 1. The first kappa shape index (κ1) is 32.4. The van der Waals surface area contributed by atoms with Gasteiger partial charge in [-0.05, 0) is 55.7 Å². The van der Waals surface area contributed by atoms with Crippen molar-refractivity contribution in [3.63, 3.8) is 0 Å². The average molecular weight is 563 g/mol. The van der Waals surface area contributed by atoms with Gasteiger partial charge >= 0.3 is 5.97 Å². The Labute approximate surface area is 234 Å². The summed E-state index contributed by atoms with van der Waals surface area (Å²) in [6.07, 6.45) is 1.88. The number of carbonyl (C=O) groups excluding carboxylic acids is 4. The van der Waals surface area contributed by atoms with Crippen LogP contribution in [0.1, 0.15) is 77.1 Å². The highest BCUT2D eigenvalue weighted by atomic mass is 16.4. The lowest BCUT2D eigenvalue weighted by Crippen LogP contribution is -2.58. The van der Waals surface area contributed by atoms with Crippen molar-refractivity contribution in [1.29, 1.82) is 0 Å². The van der Waals surface area contributed by atoms with Gasteiger partial charge in [-0.15, -0.1) is 0 Å². The number of carboxylic acid groups (broad SMARTS) is 1. The summed E-state index contributed by atoms with van der Waals surface area (Å²) >= 11 is 0. The molecule has 1 fully saturated rings. The fourth-order valence-electron chi connectivity index (χ4n) is 4.69. The molecule has 1 heterocycles. The molecular weight excluding hydrogens is 520 g/mol. The second-order valence-corrected chi connectivity index (χ2v) is 10.7. The van der Waals surface area contributed by atoms with Crippen LogP contribution in [0.25, 0.3) is 0 Å². The standard InChI is InChI=1S/C28H42N4O8/c1-6-16(5)23(26(37)29-19(7-2)28(39)40)31-25(36)21-9-8-12-32(21)27(38)20(13-15(3)4)30-24(35)18-14-17(33)10-11-22(18)34/h10-11,14-16,19-21,23,33-34H,6-9,12-13H2,1-5H3,(H,29,37)(H,30,35)(H,31,36)(H,39,40)/t16-,19-,20+,21-,23-/m0/s1. The fourth-order valence-corrected chi connectivity index (χ4v) is 4.69. The number of hydrogen-bond donors (Lipinski definition) is 6. The van der Waals surface area contributed by atoms with Crippen LogP contribution in [0.5, 0.6) is 11.5 Å². The molecule has 1 aromatic rings. The summed E-state index contributed by atoms with van der Waals surface area (Å²) in [4.78, 5) is 65.8. The minimum atomic E-state index is -1.17. The van der Waals surface area contributed by atoms with E-state index in [4.69, 9.17) is 0 Å². The van der Waals surface area contributed by atoms with Crippen molar-refractivity contribution in [2.75, 3.05) is 6.54 Å². The minimum Gasteiger partial charge on any atom is -0.508 e. The normalized spacial score (nSPS) is 17.9. The first-order valence-corrected chi connectivity index (χ1v) is 13.8. The van der Waals surface area contributed by atoms with Gasteiger partial charge < -0.3 is 36.2 Å². The van der Waals surface area contributed by atoms with E-state index < -0.39 is 53.8 Å². The number of rotatable bonds is 13. The molecule has 1 aliphatic rings. The summed E-state index contributed by atoms with van der Waals surface area (Å²) in [5.41, 5.74) is -0.188. The molecule has 0 aliphatic carbocycles. The Bertz CT molecular complexity index is 1090. The number of amides is 4. The van der Waals surface area contributed by atoms with Gasteiger partial charge in [-0.3, -0.25) is 19.2 Å². The number of likely N-dealkylation sites (tertiary alicyclic amines) is 1. The fraction of sp³-hybridized carbons (Fsp3) is 0.607. The Kier molecular flexibility index (Phi) is 11.8. The Morgan fingerprint density at radius 1 is 0.975 bits per heavy atom. The van der Waals surface area contributed by atoms with E-state index in [1.54, 1.807) is 13.8 Å². The molecule has 0 aromatic heterocycles. The highest BCUT2D eigenvalue weighted by Gasteiger charge is 2.40. The smallest absolute Gasteiger partial charge is 0.326 e. The first-order valence-electron chi connectivity index (χ1n) is 13.8. The van der Waals surface area contributed by atoms with E-state index in [1.807, 2.05) is 20.8 Å². The summed E-state index contributed by atoms with van der Waals surface area (Å²) in [5.74, 6) is -4.41. The number of carboxylic acids is 1. The number of nitrogens with one attached hydrogen (secondary N) is 3. The van der Waals surface area contributed by atoms with Crippen molar-refractivity contribution in [3.05, 3.63) is 23.8 Å². The predicted octanol–water partition coefficient (Wildman–Crippen LogP) is 1.74. The van der Waals surface area contributed by atoms with Crippen LogP contribution >= 0.6 is 0 Å². The SMILES string of the molecule is CC[C@H](NC(=O)[C@@H](NC(=O)[C@@H]1CCCN1C(=O)[C@@H](CC(C)C)NC(=O)c1cc(O)ccc1O)[C@@H](C)CC)C(=O)O. The van der Waals surface area contributed by atoms with Crippen LogP contribution in [0.2, 0.25) is 0 Å². The molecule has 1 aliphatic heterocycles. The van der Waals surface area contributed by atoms with Crippen LogP contribution in [-0.4, -0.2) is 80.5 Å². The largest absolute Gasteiger partial charge is 0.508 e. The van der Waals surface area contributed by atoms with Crippen LogP contribution < -0.4 is 16.0 Å². The molecule has 0 bridgehead atoms. The average Bonchev–Trinajstić information content (AvgIpc) is 3.39. The summed E-state index contributed by atoms with van der Waals surface area (Å²) in [7, 11) is 0. The highest BCUT2D eigenvalue weighted by molar-refractivity contribution is 6.01. The number of benzene rings is 1. The zero-order valence-electron chi connectivity index (χ0n) is 23.8. The molecule has 2 rings (SSSR count). The van der Waals surface area contributed by atoms with Crippen LogP contribution in [-0.2, 0) is 19.2 Å². The molecule has 0 saturated carbocycles. The molecule has 5 atom stereocenters. The molecule has 40 heavy (non-hydrogen) atoms. The number of carbonyl (C=O) groups is 5. The lowest BCUT2D eigenvalue weighted by Gasteiger charge is -2.31. The molecule has 12 nitrogen and oxygen atoms in total. The van der Waals surface area contributed by atoms with Gasteiger partial charge in [-0.2, -0.15) is 0 Å². The quantitative estimate of drug-likeness (QED) is 0.196. The molecule has 0 spiro atoms. The van der Waals surface area contributed by atoms with Gasteiger partial charge in [-0.1, -0.05) is 41.0 Å². The van der Waals surface area contributed by atoms with Crippen LogP contribution in [0.3, 0.4) is 0 Å². The van der Waals surface area contributed by atoms with E-state index in [-0.39, 0.29) is 48.3 Å². The first-order chi connectivity index (χ1) is 18.8. The van der Waals surface area contributed by atoms with E-state index in [9.17, 15) is 39.3 Å². The second-order valence-electron chi connectivity index (χ2n) is 10.7. The Hall–Kier alpha value is -3.83. The van der Waals surface area contributed by atoms with E-state index in [2.05, 4.69) is 16.0 Å². The van der Waals surface area contributed by atoms with E-state index >= 15 is 0 Å². The van der Waals surface area contributed by atoms with E-state index in [0.717, 1.165) is 6.07 Å². The number of phenols is 2. The number of nitrogens with zero attached hydrogens (tertiary/aromatic N) is 1. The zero-order valence-corrected chi connectivity index (χ0v) is 23.8. The molecule has 1 aromatic carbocycles. The maximum atomic E-state index is 13.7. The Balaban J connectivity index is 2.23. The third-order valence-corrected chi connectivity index (χ3v) is 7.19. The van der Waals surface area contributed by atoms with Crippen LogP contribution in [0.4, 0.5) is 0 Å². The second kappa shape index (κ2) is 14.5. The Morgan fingerprint density at radius 3 is 2.23 bits per heavy atom. The van der Waals surface area contributed by atoms with Gasteiger partial charge in [-0.25, -0.2) is 4.79 Å². The number of aromatic hydroxyl groups is 2. The topological polar surface area (TPSA) is 185 Å². The maximum absolute atomic E-state index is 13.7. The van der Waals surface area contributed by atoms with Crippen molar-refractivity contribution in [2.45, 2.75) is 90.9 Å². The number of phenolic OH excluding ortho intramolecular Hbond substituents is 2. The predicted molar refractivity (Wildman–Crippen MR) is 146 cm³/mol. The third-order valence-electron chi connectivity index (χ3n) is 7.19. The number of hydrogen-bond acceptors (Lipinski definition) is 7. The van der Waals surface area contributed by atoms with Gasteiger partial charge in [0.05, 0.1) is 5.56 Å². The maximum Gasteiger partial charge on any atom is 0.326 e. The molecule has 222 valence electrons. The minimum absolute atomic E-state index is 0.00105.